The van der Waals surface area contributed by atoms with Gasteiger partial charge in [-0.05, 0) is 36.1 Å². The Labute approximate surface area is 180 Å². The molecule has 2 saturated heterocycles. The number of anilines is 1. The summed E-state index contributed by atoms with van der Waals surface area (Å²) in [4.78, 5) is 21.7. The summed E-state index contributed by atoms with van der Waals surface area (Å²) in [6.45, 7) is 3.86. The van der Waals surface area contributed by atoms with Crippen molar-refractivity contribution in [2.24, 2.45) is 11.8 Å². The van der Waals surface area contributed by atoms with Crippen LogP contribution in [0.25, 0.3) is 5.82 Å². The monoisotopic (exact) mass is 420 g/mol. The zero-order chi connectivity index (χ0) is 21.4. The van der Waals surface area contributed by atoms with E-state index in [1.54, 1.807) is 35.3 Å². The SMILES string of the molecule is Nc1ccc(-n2cccn2)nc1CC(=O)N1CC2CN(Cc3ccccc3F)CC2C1. The fourth-order valence-corrected chi connectivity index (χ4v) is 4.72. The summed E-state index contributed by atoms with van der Waals surface area (Å²) in [5.74, 6) is 1.39. The van der Waals surface area contributed by atoms with Gasteiger partial charge in [-0.25, -0.2) is 14.1 Å². The normalized spacial score (nSPS) is 20.9. The van der Waals surface area contributed by atoms with Crippen LogP contribution in [0.2, 0.25) is 0 Å². The standard InChI is InChI=1S/C23H25FN6O/c24-19-5-2-1-4-16(19)11-28-12-17-14-29(15-18(17)13-28)23(31)10-21-20(25)6-7-22(27-21)30-9-3-8-26-30/h1-9,17-18H,10-15,25H2. The van der Waals surface area contributed by atoms with E-state index < -0.39 is 0 Å². The first-order valence-electron chi connectivity index (χ1n) is 10.6. The Kier molecular flexibility index (Phi) is 5.15. The van der Waals surface area contributed by atoms with E-state index in [1.165, 1.54) is 6.07 Å². The minimum absolute atomic E-state index is 0.0480. The van der Waals surface area contributed by atoms with Crippen molar-refractivity contribution in [2.45, 2.75) is 13.0 Å². The number of fused-ring (bicyclic) bond motifs is 1. The van der Waals surface area contributed by atoms with Gasteiger partial charge in [0.15, 0.2) is 5.82 Å². The van der Waals surface area contributed by atoms with Gasteiger partial charge in [0, 0.05) is 50.7 Å². The Balaban J connectivity index is 1.20. The molecule has 2 fully saturated rings. The molecule has 8 heteroatoms. The van der Waals surface area contributed by atoms with Crippen molar-refractivity contribution in [2.75, 3.05) is 31.9 Å². The molecular formula is C23H25FN6O. The number of likely N-dealkylation sites (tertiary alicyclic amines) is 2. The highest BCUT2D eigenvalue weighted by atomic mass is 19.1. The first-order chi connectivity index (χ1) is 15.1. The van der Waals surface area contributed by atoms with E-state index in [1.807, 2.05) is 23.1 Å². The molecule has 0 aliphatic carbocycles. The maximum atomic E-state index is 14.0. The Morgan fingerprint density at radius 3 is 2.55 bits per heavy atom. The van der Waals surface area contributed by atoms with Gasteiger partial charge >= 0.3 is 0 Å². The lowest BCUT2D eigenvalue weighted by atomic mass is 10.0. The van der Waals surface area contributed by atoms with Crippen LogP contribution < -0.4 is 5.73 Å². The zero-order valence-corrected chi connectivity index (χ0v) is 17.2. The molecule has 2 atom stereocenters. The number of hydrogen-bond donors (Lipinski definition) is 1. The quantitative estimate of drug-likeness (QED) is 0.684. The first kappa shape index (κ1) is 19.7. The minimum atomic E-state index is -0.154. The number of rotatable bonds is 5. The van der Waals surface area contributed by atoms with Crippen molar-refractivity contribution in [3.63, 3.8) is 0 Å². The fourth-order valence-electron chi connectivity index (χ4n) is 4.72. The third-order valence-corrected chi connectivity index (χ3v) is 6.32. The number of nitrogens with two attached hydrogens (primary N) is 1. The van der Waals surface area contributed by atoms with Gasteiger partial charge in [-0.2, -0.15) is 5.10 Å². The Hall–Kier alpha value is -3.26. The van der Waals surface area contributed by atoms with Crippen LogP contribution in [0.1, 0.15) is 11.3 Å². The van der Waals surface area contributed by atoms with Crippen LogP contribution in [0.15, 0.2) is 54.9 Å². The van der Waals surface area contributed by atoms with Crippen LogP contribution >= 0.6 is 0 Å². The molecule has 0 saturated carbocycles. The molecule has 7 nitrogen and oxygen atoms in total. The smallest absolute Gasteiger partial charge is 0.228 e. The van der Waals surface area contributed by atoms with Gasteiger partial charge in [0.05, 0.1) is 17.8 Å². The summed E-state index contributed by atoms with van der Waals surface area (Å²) >= 11 is 0. The van der Waals surface area contributed by atoms with Crippen molar-refractivity contribution < 1.29 is 9.18 Å². The second kappa shape index (κ2) is 8.11. The summed E-state index contributed by atoms with van der Waals surface area (Å²) < 4.78 is 15.6. The summed E-state index contributed by atoms with van der Waals surface area (Å²) in [7, 11) is 0. The molecule has 2 N–H and O–H groups in total. The molecule has 1 amide bonds. The van der Waals surface area contributed by atoms with Crippen LogP contribution in [0, 0.1) is 17.7 Å². The number of benzene rings is 1. The molecule has 0 bridgehead atoms. The number of carbonyl (C=O) groups excluding carboxylic acids is 1. The average Bonchev–Trinajstić information content (AvgIpc) is 3.48. The van der Waals surface area contributed by atoms with E-state index >= 15 is 0 Å². The van der Waals surface area contributed by atoms with Gasteiger partial charge < -0.3 is 10.6 Å². The Morgan fingerprint density at radius 1 is 1.06 bits per heavy atom. The molecule has 0 spiro atoms. The molecule has 160 valence electrons. The number of carbonyl (C=O) groups is 1. The van der Waals surface area contributed by atoms with E-state index in [9.17, 15) is 9.18 Å². The lowest BCUT2D eigenvalue weighted by molar-refractivity contribution is -0.129. The van der Waals surface area contributed by atoms with E-state index in [4.69, 9.17) is 5.73 Å². The molecule has 5 rings (SSSR count). The maximum absolute atomic E-state index is 14.0. The van der Waals surface area contributed by atoms with Gasteiger partial charge in [-0.1, -0.05) is 18.2 Å². The highest BCUT2D eigenvalue weighted by molar-refractivity contribution is 5.80. The zero-order valence-electron chi connectivity index (χ0n) is 17.2. The van der Waals surface area contributed by atoms with Crippen LogP contribution in [0.5, 0.6) is 0 Å². The van der Waals surface area contributed by atoms with E-state index in [-0.39, 0.29) is 18.1 Å². The molecule has 3 aromatic rings. The van der Waals surface area contributed by atoms with E-state index in [0.29, 0.717) is 35.6 Å². The third-order valence-electron chi connectivity index (χ3n) is 6.32. The van der Waals surface area contributed by atoms with Crippen molar-refractivity contribution >= 4 is 11.6 Å². The molecule has 2 aliphatic heterocycles. The van der Waals surface area contributed by atoms with Crippen LogP contribution in [0.4, 0.5) is 10.1 Å². The number of amides is 1. The topological polar surface area (TPSA) is 80.3 Å². The van der Waals surface area contributed by atoms with Crippen LogP contribution in [-0.4, -0.2) is 56.7 Å². The van der Waals surface area contributed by atoms with Gasteiger partial charge in [0.1, 0.15) is 5.82 Å². The predicted octanol–water partition coefficient (Wildman–Crippen LogP) is 2.12. The Morgan fingerprint density at radius 2 is 1.84 bits per heavy atom. The number of nitrogens with zero attached hydrogens (tertiary/aromatic N) is 5. The molecule has 0 radical (unpaired) electrons. The second-order valence-corrected chi connectivity index (χ2v) is 8.44. The van der Waals surface area contributed by atoms with Crippen molar-refractivity contribution in [1.29, 1.82) is 0 Å². The second-order valence-electron chi connectivity index (χ2n) is 8.44. The summed E-state index contributed by atoms with van der Waals surface area (Å²) in [5, 5.41) is 4.18. The molecule has 2 aromatic heterocycles. The molecule has 4 heterocycles. The first-order valence-corrected chi connectivity index (χ1v) is 10.6. The molecular weight excluding hydrogens is 395 g/mol. The number of aromatic nitrogens is 3. The van der Waals surface area contributed by atoms with Crippen LogP contribution in [-0.2, 0) is 17.8 Å². The number of hydrogen-bond acceptors (Lipinski definition) is 5. The average molecular weight is 420 g/mol. The third kappa shape index (κ3) is 4.03. The Bertz CT molecular complexity index is 1070. The van der Waals surface area contributed by atoms with Crippen molar-refractivity contribution in [3.8, 4) is 5.82 Å². The molecule has 1 aromatic carbocycles. The lowest BCUT2D eigenvalue weighted by Gasteiger charge is -2.22. The molecule has 31 heavy (non-hydrogen) atoms. The summed E-state index contributed by atoms with van der Waals surface area (Å²) in [6.07, 6.45) is 3.67. The van der Waals surface area contributed by atoms with Gasteiger partial charge in [0.25, 0.3) is 0 Å². The van der Waals surface area contributed by atoms with Crippen molar-refractivity contribution in [3.05, 3.63) is 71.9 Å². The highest BCUT2D eigenvalue weighted by Gasteiger charge is 2.41. The largest absolute Gasteiger partial charge is 0.397 e. The molecule has 2 unspecified atom stereocenters. The minimum Gasteiger partial charge on any atom is -0.397 e. The molecule has 2 aliphatic rings. The summed E-state index contributed by atoms with van der Waals surface area (Å²) in [6, 6.07) is 12.3. The number of halogens is 1. The summed E-state index contributed by atoms with van der Waals surface area (Å²) in [5.41, 5.74) is 7.91. The highest BCUT2D eigenvalue weighted by Crippen LogP contribution is 2.32. The lowest BCUT2D eigenvalue weighted by Crippen LogP contribution is -2.34. The van der Waals surface area contributed by atoms with Gasteiger partial charge in [0.2, 0.25) is 5.91 Å². The number of nitrogen functional groups attached to an aromatic ring is 1. The van der Waals surface area contributed by atoms with Gasteiger partial charge in [-0.3, -0.25) is 9.69 Å². The maximum Gasteiger partial charge on any atom is 0.228 e. The van der Waals surface area contributed by atoms with Crippen molar-refractivity contribution in [1.82, 2.24) is 24.6 Å². The van der Waals surface area contributed by atoms with Gasteiger partial charge in [-0.15, -0.1) is 0 Å². The van der Waals surface area contributed by atoms with E-state index in [0.717, 1.165) is 31.7 Å². The predicted molar refractivity (Wildman–Crippen MR) is 115 cm³/mol. The number of pyridine rings is 1. The van der Waals surface area contributed by atoms with E-state index in [2.05, 4.69) is 15.0 Å². The van der Waals surface area contributed by atoms with Crippen LogP contribution in [0.3, 0.4) is 0 Å². The fraction of sp³-hybridized carbons (Fsp3) is 0.348.